The van der Waals surface area contributed by atoms with Gasteiger partial charge < -0.3 is 10.4 Å². The van der Waals surface area contributed by atoms with Crippen molar-refractivity contribution in [3.8, 4) is 0 Å². The molecular formula is C12H12Cl2F3NO4S. The third kappa shape index (κ3) is 3.90. The van der Waals surface area contributed by atoms with E-state index in [1.165, 1.54) is 6.92 Å². The molecule has 130 valence electrons. The highest BCUT2D eigenvalue weighted by Gasteiger charge is 2.55. The molecule has 0 spiro atoms. The molecule has 0 aliphatic carbocycles. The Hall–Kier alpha value is -1.03. The number of aliphatic hydroxyl groups is 1. The van der Waals surface area contributed by atoms with Crippen LogP contribution in [0.4, 0.5) is 18.9 Å². The lowest BCUT2D eigenvalue weighted by molar-refractivity contribution is -0.242. The molecule has 0 unspecified atom stereocenters. The Morgan fingerprint density at radius 1 is 1.26 bits per heavy atom. The topological polar surface area (TPSA) is 83.5 Å². The number of hydrogen-bond donors (Lipinski definition) is 2. The van der Waals surface area contributed by atoms with E-state index in [1.54, 1.807) is 5.32 Å². The first-order chi connectivity index (χ1) is 10.3. The summed E-state index contributed by atoms with van der Waals surface area (Å²) in [5.41, 5.74) is -4.02. The SMILES string of the molecule is CCS(=O)(=O)c1ccc(NC(=O)[C@@](C)(O)C(F)(F)F)c(Cl)c1Cl. The van der Waals surface area contributed by atoms with E-state index >= 15 is 0 Å². The second-order valence-electron chi connectivity index (χ2n) is 4.67. The molecular weight excluding hydrogens is 382 g/mol. The summed E-state index contributed by atoms with van der Waals surface area (Å²) in [6.45, 7) is 1.64. The van der Waals surface area contributed by atoms with Gasteiger partial charge in [0, 0.05) is 0 Å². The first-order valence-corrected chi connectivity index (χ1v) is 8.47. The van der Waals surface area contributed by atoms with Gasteiger partial charge in [0.2, 0.25) is 5.60 Å². The quantitative estimate of drug-likeness (QED) is 0.823. The average Bonchev–Trinajstić information content (AvgIpc) is 2.42. The summed E-state index contributed by atoms with van der Waals surface area (Å²) in [6.07, 6.45) is -5.21. The normalized spacial score (nSPS) is 15.1. The van der Waals surface area contributed by atoms with Gasteiger partial charge in [-0.05, 0) is 19.1 Å². The molecule has 0 saturated heterocycles. The van der Waals surface area contributed by atoms with Crippen molar-refractivity contribution in [1.82, 2.24) is 0 Å². The molecule has 0 saturated carbocycles. The molecule has 0 bridgehead atoms. The lowest BCUT2D eigenvalue weighted by Crippen LogP contribution is -2.52. The minimum atomic E-state index is -5.21. The zero-order chi connectivity index (χ0) is 18.2. The number of benzene rings is 1. The van der Waals surface area contributed by atoms with Crippen molar-refractivity contribution in [3.63, 3.8) is 0 Å². The summed E-state index contributed by atoms with van der Waals surface area (Å²) in [5, 5.41) is 10.1. The van der Waals surface area contributed by atoms with Gasteiger partial charge in [-0.3, -0.25) is 4.79 Å². The fourth-order valence-electron chi connectivity index (χ4n) is 1.40. The number of halogens is 5. The number of carbonyl (C=O) groups excluding carboxylic acids is 1. The Morgan fingerprint density at radius 2 is 1.78 bits per heavy atom. The highest BCUT2D eigenvalue weighted by molar-refractivity contribution is 7.91. The summed E-state index contributed by atoms with van der Waals surface area (Å²) in [5.74, 6) is -2.05. The summed E-state index contributed by atoms with van der Waals surface area (Å²) < 4.78 is 61.3. The first kappa shape index (κ1) is 20.0. The van der Waals surface area contributed by atoms with Gasteiger partial charge in [0.05, 0.1) is 26.4 Å². The average molecular weight is 394 g/mol. The molecule has 11 heteroatoms. The van der Waals surface area contributed by atoms with Gasteiger partial charge in [-0.2, -0.15) is 13.2 Å². The van der Waals surface area contributed by atoms with Crippen LogP contribution in [0.3, 0.4) is 0 Å². The summed E-state index contributed by atoms with van der Waals surface area (Å²) in [6, 6.07) is 1.99. The van der Waals surface area contributed by atoms with Crippen molar-refractivity contribution >= 4 is 44.6 Å². The molecule has 1 amide bonds. The molecule has 1 aromatic carbocycles. The number of alkyl halides is 3. The van der Waals surface area contributed by atoms with Crippen LogP contribution in [0.25, 0.3) is 0 Å². The Morgan fingerprint density at radius 3 is 2.22 bits per heavy atom. The molecule has 5 nitrogen and oxygen atoms in total. The first-order valence-electron chi connectivity index (χ1n) is 6.07. The van der Waals surface area contributed by atoms with Crippen LogP contribution < -0.4 is 5.32 Å². The maximum atomic E-state index is 12.6. The van der Waals surface area contributed by atoms with Crippen LogP contribution >= 0.6 is 23.2 Å². The van der Waals surface area contributed by atoms with Gasteiger partial charge in [-0.25, -0.2) is 8.42 Å². The lowest BCUT2D eigenvalue weighted by Gasteiger charge is -2.25. The number of anilines is 1. The molecule has 0 aliphatic heterocycles. The third-order valence-electron chi connectivity index (χ3n) is 3.00. The van der Waals surface area contributed by atoms with Crippen molar-refractivity contribution < 1.29 is 31.5 Å². The van der Waals surface area contributed by atoms with Crippen LogP contribution in [-0.4, -0.2) is 37.0 Å². The molecule has 1 atom stereocenters. The van der Waals surface area contributed by atoms with Crippen molar-refractivity contribution in [1.29, 1.82) is 0 Å². The predicted octanol–water partition coefficient (Wildman–Crippen LogP) is 3.04. The van der Waals surface area contributed by atoms with Crippen LogP contribution in [0.2, 0.25) is 10.0 Å². The van der Waals surface area contributed by atoms with Crippen molar-refractivity contribution in [2.45, 2.75) is 30.5 Å². The maximum Gasteiger partial charge on any atom is 0.426 e. The van der Waals surface area contributed by atoms with Crippen molar-refractivity contribution in [3.05, 3.63) is 22.2 Å². The van der Waals surface area contributed by atoms with Crippen molar-refractivity contribution in [2.75, 3.05) is 11.1 Å². The van der Waals surface area contributed by atoms with E-state index in [9.17, 15) is 31.5 Å². The molecule has 0 aromatic heterocycles. The van der Waals surface area contributed by atoms with Gasteiger partial charge in [0.25, 0.3) is 5.91 Å². The summed E-state index contributed by atoms with van der Waals surface area (Å²) in [7, 11) is -3.71. The van der Waals surface area contributed by atoms with E-state index < -0.39 is 37.6 Å². The minimum Gasteiger partial charge on any atom is -0.373 e. The Bertz CT molecular complexity index is 733. The molecule has 23 heavy (non-hydrogen) atoms. The number of amides is 1. The van der Waals surface area contributed by atoms with E-state index in [2.05, 4.69) is 0 Å². The molecule has 2 N–H and O–H groups in total. The summed E-state index contributed by atoms with van der Waals surface area (Å²) >= 11 is 11.6. The standard InChI is InChI=1S/C12H12Cl2F3NO4S/c1-3-23(21,22)7-5-4-6(8(13)9(7)14)18-10(19)11(2,20)12(15,16)17/h4-5,20H,3H2,1-2H3,(H,18,19)/t11-/m1/s1. The van der Waals surface area contributed by atoms with Gasteiger partial charge in [0.15, 0.2) is 9.84 Å². The monoisotopic (exact) mass is 393 g/mol. The maximum absolute atomic E-state index is 12.6. The van der Waals surface area contributed by atoms with Crippen LogP contribution in [0.15, 0.2) is 17.0 Å². The van der Waals surface area contributed by atoms with Gasteiger partial charge in [-0.15, -0.1) is 0 Å². The second kappa shape index (κ2) is 6.46. The predicted molar refractivity (Wildman–Crippen MR) is 79.5 cm³/mol. The van der Waals surface area contributed by atoms with E-state index in [0.29, 0.717) is 0 Å². The van der Waals surface area contributed by atoms with Crippen LogP contribution in [0, 0.1) is 0 Å². The minimum absolute atomic E-state index is 0.266. The fourth-order valence-corrected chi connectivity index (χ4v) is 3.14. The Kier molecular flexibility index (Phi) is 5.62. The van der Waals surface area contributed by atoms with Gasteiger partial charge >= 0.3 is 6.18 Å². The van der Waals surface area contributed by atoms with Gasteiger partial charge in [-0.1, -0.05) is 30.1 Å². The third-order valence-corrected chi connectivity index (χ3v) is 5.77. The van der Waals surface area contributed by atoms with Crippen LogP contribution in [0.1, 0.15) is 13.8 Å². The molecule has 0 fully saturated rings. The van der Waals surface area contributed by atoms with Crippen LogP contribution in [0.5, 0.6) is 0 Å². The Balaban J connectivity index is 3.24. The zero-order valence-electron chi connectivity index (χ0n) is 11.8. The summed E-state index contributed by atoms with van der Waals surface area (Å²) in [4.78, 5) is 11.3. The fraction of sp³-hybridized carbons (Fsp3) is 0.417. The number of carbonyl (C=O) groups is 1. The van der Waals surface area contributed by atoms with Gasteiger partial charge in [0.1, 0.15) is 0 Å². The lowest BCUT2D eigenvalue weighted by atomic mass is 10.1. The van der Waals surface area contributed by atoms with E-state index in [-0.39, 0.29) is 23.3 Å². The van der Waals surface area contributed by atoms with Crippen molar-refractivity contribution in [2.24, 2.45) is 0 Å². The highest BCUT2D eigenvalue weighted by Crippen LogP contribution is 2.37. The molecule has 0 heterocycles. The largest absolute Gasteiger partial charge is 0.426 e. The molecule has 1 aromatic rings. The molecule has 0 radical (unpaired) electrons. The van der Waals surface area contributed by atoms with E-state index in [0.717, 1.165) is 12.1 Å². The number of rotatable bonds is 4. The van der Waals surface area contributed by atoms with Crippen LogP contribution in [-0.2, 0) is 14.6 Å². The number of nitrogens with one attached hydrogen (secondary N) is 1. The number of hydrogen-bond acceptors (Lipinski definition) is 4. The number of sulfone groups is 1. The second-order valence-corrected chi connectivity index (χ2v) is 7.67. The molecule has 0 aliphatic rings. The smallest absolute Gasteiger partial charge is 0.373 e. The zero-order valence-corrected chi connectivity index (χ0v) is 14.2. The van der Waals surface area contributed by atoms with E-state index in [1.807, 2.05) is 0 Å². The molecule has 1 rings (SSSR count). The highest BCUT2D eigenvalue weighted by atomic mass is 35.5. The Labute approximate surface area is 140 Å². The van der Waals surface area contributed by atoms with E-state index in [4.69, 9.17) is 23.2 Å².